The number of benzene rings is 2. The number of hydrogen-bond donors (Lipinski definition) is 2. The lowest BCUT2D eigenvalue weighted by atomic mass is 10.1. The molecule has 0 aliphatic carbocycles. The van der Waals surface area contributed by atoms with E-state index in [2.05, 4.69) is 10.3 Å². The van der Waals surface area contributed by atoms with Crippen molar-refractivity contribution in [1.82, 2.24) is 4.98 Å². The third-order valence-electron chi connectivity index (χ3n) is 3.21. The van der Waals surface area contributed by atoms with Crippen LogP contribution >= 0.6 is 0 Å². The highest BCUT2D eigenvalue weighted by molar-refractivity contribution is 6.12. The number of fused-ring (bicyclic) bond motifs is 1. The minimum absolute atomic E-state index is 0.162. The van der Waals surface area contributed by atoms with Gasteiger partial charge in [-0.05, 0) is 30.3 Å². The molecule has 0 aliphatic rings. The van der Waals surface area contributed by atoms with Gasteiger partial charge in [0.15, 0.2) is 0 Å². The third kappa shape index (κ3) is 2.23. The quantitative estimate of drug-likeness (QED) is 0.754. The van der Waals surface area contributed by atoms with Crippen LogP contribution in [0.4, 0.5) is 10.1 Å². The molecule has 0 radical (unpaired) electrons. The Bertz CT molecular complexity index is 877. The summed E-state index contributed by atoms with van der Waals surface area (Å²) in [6.45, 7) is 0. The summed E-state index contributed by atoms with van der Waals surface area (Å²) in [4.78, 5) is 15.4. The second-order valence-corrected chi connectivity index (χ2v) is 4.47. The van der Waals surface area contributed by atoms with E-state index in [0.29, 0.717) is 5.56 Å². The standard InChI is InChI=1S/C16H10FN3O/c17-13-4-2-6-15(12(13)9-18)20-16(21)11-3-1-5-14-10(11)7-8-19-14/h1-8,19H,(H,20,21). The van der Waals surface area contributed by atoms with Gasteiger partial charge >= 0.3 is 0 Å². The molecule has 0 spiro atoms. The van der Waals surface area contributed by atoms with Crippen LogP contribution in [0.5, 0.6) is 0 Å². The summed E-state index contributed by atoms with van der Waals surface area (Å²) in [5.41, 5.74) is 1.28. The number of hydrogen-bond acceptors (Lipinski definition) is 2. The van der Waals surface area contributed by atoms with Gasteiger partial charge in [-0.25, -0.2) is 4.39 Å². The fourth-order valence-corrected chi connectivity index (χ4v) is 2.21. The fourth-order valence-electron chi connectivity index (χ4n) is 2.21. The van der Waals surface area contributed by atoms with Gasteiger partial charge in [0, 0.05) is 22.7 Å². The second kappa shape index (κ2) is 5.10. The number of amides is 1. The van der Waals surface area contributed by atoms with Crippen molar-refractivity contribution >= 4 is 22.5 Å². The minimum Gasteiger partial charge on any atom is -0.361 e. The normalized spacial score (nSPS) is 10.3. The van der Waals surface area contributed by atoms with Crippen LogP contribution < -0.4 is 5.32 Å². The number of carbonyl (C=O) groups excluding carboxylic acids is 1. The summed E-state index contributed by atoms with van der Waals surface area (Å²) in [6.07, 6.45) is 1.74. The summed E-state index contributed by atoms with van der Waals surface area (Å²) in [5.74, 6) is -1.04. The first-order valence-corrected chi connectivity index (χ1v) is 6.27. The van der Waals surface area contributed by atoms with Crippen molar-refractivity contribution in [1.29, 1.82) is 5.26 Å². The van der Waals surface area contributed by atoms with Crippen LogP contribution in [0.3, 0.4) is 0 Å². The Hall–Kier alpha value is -3.13. The number of aromatic amines is 1. The number of rotatable bonds is 2. The van der Waals surface area contributed by atoms with Gasteiger partial charge in [-0.3, -0.25) is 4.79 Å². The Morgan fingerprint density at radius 1 is 1.19 bits per heavy atom. The van der Waals surface area contributed by atoms with E-state index in [9.17, 15) is 9.18 Å². The summed E-state index contributed by atoms with van der Waals surface area (Å²) in [7, 11) is 0. The SMILES string of the molecule is N#Cc1c(F)cccc1NC(=O)c1cccc2[nH]ccc12. The van der Waals surface area contributed by atoms with E-state index in [1.807, 2.05) is 6.07 Å². The lowest BCUT2D eigenvalue weighted by Gasteiger charge is -2.08. The molecule has 1 aromatic heterocycles. The lowest BCUT2D eigenvalue weighted by molar-refractivity contribution is 0.102. The minimum atomic E-state index is -0.657. The molecule has 5 heteroatoms. The third-order valence-corrected chi connectivity index (χ3v) is 3.21. The lowest BCUT2D eigenvalue weighted by Crippen LogP contribution is -2.13. The Morgan fingerprint density at radius 3 is 2.81 bits per heavy atom. The highest BCUT2D eigenvalue weighted by Crippen LogP contribution is 2.21. The van der Waals surface area contributed by atoms with Crippen LogP contribution in [-0.4, -0.2) is 10.9 Å². The molecule has 2 aromatic carbocycles. The zero-order valence-electron chi connectivity index (χ0n) is 10.9. The van der Waals surface area contributed by atoms with Crippen LogP contribution in [0.15, 0.2) is 48.7 Å². The smallest absolute Gasteiger partial charge is 0.256 e. The van der Waals surface area contributed by atoms with Crippen molar-refractivity contribution in [2.45, 2.75) is 0 Å². The van der Waals surface area contributed by atoms with Gasteiger partial charge in [0.1, 0.15) is 17.4 Å². The maximum Gasteiger partial charge on any atom is 0.256 e. The molecule has 0 aliphatic heterocycles. The van der Waals surface area contributed by atoms with E-state index in [0.717, 1.165) is 10.9 Å². The predicted molar refractivity (Wildman–Crippen MR) is 77.4 cm³/mol. The molecule has 3 rings (SSSR count). The Balaban J connectivity index is 2.00. The van der Waals surface area contributed by atoms with Gasteiger partial charge < -0.3 is 10.3 Å². The fraction of sp³-hybridized carbons (Fsp3) is 0. The predicted octanol–water partition coefficient (Wildman–Crippen LogP) is 3.43. The number of carbonyl (C=O) groups is 1. The van der Waals surface area contributed by atoms with Gasteiger partial charge in [-0.1, -0.05) is 12.1 Å². The zero-order valence-corrected chi connectivity index (χ0v) is 10.9. The van der Waals surface area contributed by atoms with Gasteiger partial charge in [0.25, 0.3) is 5.91 Å². The van der Waals surface area contributed by atoms with Crippen molar-refractivity contribution in [2.75, 3.05) is 5.32 Å². The van der Waals surface area contributed by atoms with Crippen LogP contribution in [0.2, 0.25) is 0 Å². The molecular formula is C16H10FN3O. The number of halogens is 1. The molecule has 21 heavy (non-hydrogen) atoms. The van der Waals surface area contributed by atoms with Crippen molar-refractivity contribution in [2.24, 2.45) is 0 Å². The van der Waals surface area contributed by atoms with Crippen molar-refractivity contribution in [3.8, 4) is 6.07 Å². The Kier molecular flexibility index (Phi) is 3.13. The van der Waals surface area contributed by atoms with Gasteiger partial charge in [-0.15, -0.1) is 0 Å². The first-order valence-electron chi connectivity index (χ1n) is 6.27. The van der Waals surface area contributed by atoms with E-state index in [1.165, 1.54) is 18.2 Å². The number of aromatic nitrogens is 1. The second-order valence-electron chi connectivity index (χ2n) is 4.47. The zero-order chi connectivity index (χ0) is 14.8. The van der Waals surface area contributed by atoms with E-state index >= 15 is 0 Å². The van der Waals surface area contributed by atoms with Crippen LogP contribution in [0, 0.1) is 17.1 Å². The van der Waals surface area contributed by atoms with Crippen LogP contribution in [0.1, 0.15) is 15.9 Å². The number of nitrogens with zero attached hydrogens (tertiary/aromatic N) is 1. The molecule has 1 amide bonds. The first-order chi connectivity index (χ1) is 10.2. The molecule has 0 unspecified atom stereocenters. The first kappa shape index (κ1) is 12.9. The molecule has 0 saturated heterocycles. The number of nitriles is 1. The number of nitrogens with one attached hydrogen (secondary N) is 2. The molecular weight excluding hydrogens is 269 g/mol. The summed E-state index contributed by atoms with van der Waals surface area (Å²) >= 11 is 0. The molecule has 3 aromatic rings. The molecule has 0 saturated carbocycles. The summed E-state index contributed by atoms with van der Waals surface area (Å²) < 4.78 is 13.5. The highest BCUT2D eigenvalue weighted by Gasteiger charge is 2.14. The van der Waals surface area contributed by atoms with Gasteiger partial charge in [0.2, 0.25) is 0 Å². The van der Waals surface area contributed by atoms with Crippen molar-refractivity contribution < 1.29 is 9.18 Å². The van der Waals surface area contributed by atoms with E-state index in [-0.39, 0.29) is 17.2 Å². The van der Waals surface area contributed by atoms with Crippen LogP contribution in [-0.2, 0) is 0 Å². The number of H-pyrrole nitrogens is 1. The molecule has 4 nitrogen and oxygen atoms in total. The highest BCUT2D eigenvalue weighted by atomic mass is 19.1. The maximum atomic E-state index is 13.5. The van der Waals surface area contributed by atoms with Crippen molar-refractivity contribution in [3.63, 3.8) is 0 Å². The van der Waals surface area contributed by atoms with E-state index < -0.39 is 5.82 Å². The molecule has 102 valence electrons. The summed E-state index contributed by atoms with van der Waals surface area (Å²) in [5, 5.41) is 12.3. The Labute approximate surface area is 119 Å². The summed E-state index contributed by atoms with van der Waals surface area (Å²) in [6, 6.07) is 13.0. The largest absolute Gasteiger partial charge is 0.361 e. The van der Waals surface area contributed by atoms with Crippen LogP contribution in [0.25, 0.3) is 10.9 Å². The molecule has 0 atom stereocenters. The topological polar surface area (TPSA) is 68.7 Å². The van der Waals surface area contributed by atoms with Crippen molar-refractivity contribution in [3.05, 3.63) is 65.6 Å². The van der Waals surface area contributed by atoms with Gasteiger partial charge in [0.05, 0.1) is 5.69 Å². The average Bonchev–Trinajstić information content (AvgIpc) is 2.95. The molecule has 0 fully saturated rings. The molecule has 1 heterocycles. The monoisotopic (exact) mass is 279 g/mol. The van der Waals surface area contributed by atoms with E-state index in [1.54, 1.807) is 30.5 Å². The van der Waals surface area contributed by atoms with Gasteiger partial charge in [-0.2, -0.15) is 5.26 Å². The Morgan fingerprint density at radius 2 is 2.00 bits per heavy atom. The van der Waals surface area contributed by atoms with E-state index in [4.69, 9.17) is 5.26 Å². The maximum absolute atomic E-state index is 13.5. The molecule has 2 N–H and O–H groups in total. The molecule has 0 bridgehead atoms. The average molecular weight is 279 g/mol. The number of anilines is 1.